The fourth-order valence-electron chi connectivity index (χ4n) is 1.64. The summed E-state index contributed by atoms with van der Waals surface area (Å²) in [4.78, 5) is 11.1. The van der Waals surface area contributed by atoms with Crippen molar-refractivity contribution < 1.29 is 9.90 Å². The molecule has 0 aromatic heterocycles. The van der Waals surface area contributed by atoms with Gasteiger partial charge in [-0.3, -0.25) is 10.1 Å². The number of nitrogens with one attached hydrogen (secondary N) is 1. The molecule has 0 bridgehead atoms. The highest BCUT2D eigenvalue weighted by atomic mass is 16.3. The molecule has 0 radical (unpaired) electrons. The van der Waals surface area contributed by atoms with Crippen molar-refractivity contribution in [3.63, 3.8) is 0 Å². The number of carbonyl (C=O) groups excluding carboxylic acids is 1. The van der Waals surface area contributed by atoms with Gasteiger partial charge in [0.15, 0.2) is 0 Å². The lowest BCUT2D eigenvalue weighted by Crippen LogP contribution is -2.47. The highest BCUT2D eigenvalue weighted by molar-refractivity contribution is 5.79. The molecule has 0 saturated carbocycles. The van der Waals surface area contributed by atoms with Crippen molar-refractivity contribution in [1.29, 1.82) is 0 Å². The molecule has 0 aromatic rings. The Bertz CT molecular complexity index is 195. The number of rotatable bonds is 9. The second-order valence-electron chi connectivity index (χ2n) is 4.76. The monoisotopic (exact) mass is 230 g/mol. The van der Waals surface area contributed by atoms with E-state index in [0.29, 0.717) is 18.8 Å². The molecule has 4 nitrogen and oxygen atoms in total. The number of primary amides is 1. The maximum Gasteiger partial charge on any atom is 0.234 e. The Balaban J connectivity index is 3.93. The molecular weight excluding hydrogens is 204 g/mol. The zero-order chi connectivity index (χ0) is 12.6. The topological polar surface area (TPSA) is 75.3 Å². The molecule has 0 aliphatic heterocycles. The fraction of sp³-hybridized carbons (Fsp3) is 0.917. The zero-order valence-corrected chi connectivity index (χ0v) is 10.7. The lowest BCUT2D eigenvalue weighted by molar-refractivity contribution is -0.121. The minimum atomic E-state index is -0.622. The summed E-state index contributed by atoms with van der Waals surface area (Å²) in [6.07, 6.45) is 3.92. The Labute approximate surface area is 98.6 Å². The van der Waals surface area contributed by atoms with Gasteiger partial charge in [0.05, 0.1) is 6.04 Å². The first kappa shape index (κ1) is 15.4. The fourth-order valence-corrected chi connectivity index (χ4v) is 1.64. The lowest BCUT2D eigenvalue weighted by Gasteiger charge is -2.21. The molecule has 96 valence electrons. The maximum atomic E-state index is 11.1. The van der Waals surface area contributed by atoms with Gasteiger partial charge in [-0.25, -0.2) is 0 Å². The van der Waals surface area contributed by atoms with Crippen LogP contribution in [0.2, 0.25) is 0 Å². The number of carbonyl (C=O) groups is 1. The van der Waals surface area contributed by atoms with Crippen LogP contribution in [0.3, 0.4) is 0 Å². The van der Waals surface area contributed by atoms with E-state index in [1.165, 1.54) is 0 Å². The Hall–Kier alpha value is -0.610. The van der Waals surface area contributed by atoms with Crippen LogP contribution in [0.15, 0.2) is 0 Å². The number of hydrogen-bond acceptors (Lipinski definition) is 3. The van der Waals surface area contributed by atoms with Crippen molar-refractivity contribution in [2.75, 3.05) is 0 Å². The van der Waals surface area contributed by atoms with E-state index in [9.17, 15) is 9.90 Å². The van der Waals surface area contributed by atoms with Crippen LogP contribution in [0, 0.1) is 5.92 Å². The number of aliphatic hydroxyl groups is 1. The van der Waals surface area contributed by atoms with Gasteiger partial charge in [0.2, 0.25) is 5.91 Å². The third-order valence-electron chi connectivity index (χ3n) is 2.53. The van der Waals surface area contributed by atoms with Crippen molar-refractivity contribution in [2.45, 2.75) is 65.1 Å². The molecule has 0 saturated heterocycles. The Morgan fingerprint density at radius 1 is 1.38 bits per heavy atom. The smallest absolute Gasteiger partial charge is 0.234 e. The van der Waals surface area contributed by atoms with Crippen LogP contribution in [0.25, 0.3) is 0 Å². The predicted octanol–water partition coefficient (Wildman–Crippen LogP) is 1.37. The molecule has 0 aliphatic carbocycles. The molecular formula is C12H26N2O2. The predicted molar refractivity (Wildman–Crippen MR) is 65.7 cm³/mol. The van der Waals surface area contributed by atoms with Crippen LogP contribution in [0.1, 0.15) is 52.9 Å². The Morgan fingerprint density at radius 3 is 2.44 bits per heavy atom. The van der Waals surface area contributed by atoms with Gasteiger partial charge in [0.25, 0.3) is 0 Å². The summed E-state index contributed by atoms with van der Waals surface area (Å²) in [5.41, 5.74) is 5.28. The first-order valence-electron chi connectivity index (χ1n) is 6.20. The largest absolute Gasteiger partial charge is 0.379 e. The quantitative estimate of drug-likeness (QED) is 0.414. The normalized spacial score (nSPS) is 15.1. The summed E-state index contributed by atoms with van der Waals surface area (Å²) in [5, 5.41) is 12.6. The van der Waals surface area contributed by atoms with Crippen LogP contribution in [0.4, 0.5) is 0 Å². The van der Waals surface area contributed by atoms with Crippen LogP contribution < -0.4 is 11.1 Å². The van der Waals surface area contributed by atoms with Crippen molar-refractivity contribution in [1.82, 2.24) is 5.32 Å². The highest BCUT2D eigenvalue weighted by Gasteiger charge is 2.19. The summed E-state index contributed by atoms with van der Waals surface area (Å²) >= 11 is 0. The van der Waals surface area contributed by atoms with Gasteiger partial charge in [-0.2, -0.15) is 0 Å². The second kappa shape index (κ2) is 8.53. The van der Waals surface area contributed by atoms with Gasteiger partial charge >= 0.3 is 0 Å². The molecule has 0 fully saturated rings. The minimum Gasteiger partial charge on any atom is -0.379 e. The van der Waals surface area contributed by atoms with Crippen LogP contribution in [-0.2, 0) is 4.79 Å². The first-order valence-corrected chi connectivity index (χ1v) is 6.20. The molecule has 4 heteroatoms. The number of amides is 1. The molecule has 0 rings (SSSR count). The number of hydrogen-bond donors (Lipinski definition) is 3. The summed E-state index contributed by atoms with van der Waals surface area (Å²) in [7, 11) is 0. The second-order valence-corrected chi connectivity index (χ2v) is 4.76. The van der Waals surface area contributed by atoms with Crippen molar-refractivity contribution >= 4 is 5.91 Å². The molecule has 16 heavy (non-hydrogen) atoms. The summed E-state index contributed by atoms with van der Waals surface area (Å²) in [6, 6.07) is -0.420. The molecule has 0 aliphatic rings. The highest BCUT2D eigenvalue weighted by Crippen LogP contribution is 2.07. The van der Waals surface area contributed by atoms with E-state index in [2.05, 4.69) is 12.2 Å². The van der Waals surface area contributed by atoms with Crippen molar-refractivity contribution in [3.05, 3.63) is 0 Å². The zero-order valence-electron chi connectivity index (χ0n) is 10.7. The van der Waals surface area contributed by atoms with Gasteiger partial charge in [-0.05, 0) is 25.2 Å². The van der Waals surface area contributed by atoms with Gasteiger partial charge in [-0.15, -0.1) is 0 Å². The number of aliphatic hydroxyl groups excluding tert-OH is 1. The van der Waals surface area contributed by atoms with Gasteiger partial charge < -0.3 is 10.8 Å². The van der Waals surface area contributed by atoms with E-state index in [1.54, 1.807) is 0 Å². The van der Waals surface area contributed by atoms with E-state index in [4.69, 9.17) is 5.73 Å². The van der Waals surface area contributed by atoms with E-state index in [1.807, 2.05) is 13.8 Å². The van der Waals surface area contributed by atoms with Crippen LogP contribution >= 0.6 is 0 Å². The summed E-state index contributed by atoms with van der Waals surface area (Å²) < 4.78 is 0. The average Bonchev–Trinajstić information content (AvgIpc) is 2.16. The molecule has 0 aromatic carbocycles. The third-order valence-corrected chi connectivity index (χ3v) is 2.53. The molecule has 0 spiro atoms. The summed E-state index contributed by atoms with van der Waals surface area (Å²) in [6.45, 7) is 6.17. The minimum absolute atomic E-state index is 0.382. The third kappa shape index (κ3) is 7.65. The number of nitrogens with two attached hydrogens (primary N) is 1. The SMILES string of the molecule is CCCCCC(O)NC(CC(C)C)C(N)=O. The van der Waals surface area contributed by atoms with Crippen molar-refractivity contribution in [2.24, 2.45) is 11.7 Å². The van der Waals surface area contributed by atoms with Gasteiger partial charge in [0.1, 0.15) is 6.23 Å². The van der Waals surface area contributed by atoms with Crippen molar-refractivity contribution in [3.8, 4) is 0 Å². The van der Waals surface area contributed by atoms with Crippen LogP contribution in [0.5, 0.6) is 0 Å². The Kier molecular flexibility index (Phi) is 8.21. The molecule has 2 unspecified atom stereocenters. The molecule has 0 heterocycles. The molecule has 2 atom stereocenters. The van der Waals surface area contributed by atoms with Gasteiger partial charge in [0, 0.05) is 0 Å². The van der Waals surface area contributed by atoms with Gasteiger partial charge in [-0.1, -0.05) is 33.6 Å². The standard InChI is InChI=1S/C12H26N2O2/c1-4-5-6-7-11(15)14-10(12(13)16)8-9(2)3/h9-11,14-15H,4-8H2,1-3H3,(H2,13,16). The maximum absolute atomic E-state index is 11.1. The van der Waals surface area contributed by atoms with E-state index < -0.39 is 12.3 Å². The average molecular weight is 230 g/mol. The van der Waals surface area contributed by atoms with E-state index in [-0.39, 0.29) is 5.91 Å². The summed E-state index contributed by atoms with van der Waals surface area (Å²) in [5.74, 6) is -0.00363. The number of unbranched alkanes of at least 4 members (excludes halogenated alkanes) is 2. The lowest BCUT2D eigenvalue weighted by atomic mass is 10.0. The van der Waals surface area contributed by atoms with E-state index >= 15 is 0 Å². The van der Waals surface area contributed by atoms with E-state index in [0.717, 1.165) is 19.3 Å². The molecule has 4 N–H and O–H groups in total. The first-order chi connectivity index (χ1) is 7.47. The Morgan fingerprint density at radius 2 is 2.00 bits per heavy atom. The van der Waals surface area contributed by atoms with Crippen LogP contribution in [-0.4, -0.2) is 23.3 Å². The molecule has 1 amide bonds.